The Bertz CT molecular complexity index is 393. The van der Waals surface area contributed by atoms with Crippen LogP contribution >= 0.6 is 0 Å². The van der Waals surface area contributed by atoms with Crippen LogP contribution in [0.2, 0.25) is 0 Å². The number of nitrogens with zero attached hydrogens (tertiary/aromatic N) is 2. The highest BCUT2D eigenvalue weighted by Crippen LogP contribution is 2.17. The smallest absolute Gasteiger partial charge is 0.0916 e. The van der Waals surface area contributed by atoms with Gasteiger partial charge in [0.1, 0.15) is 0 Å². The van der Waals surface area contributed by atoms with E-state index in [4.69, 9.17) is 5.73 Å². The van der Waals surface area contributed by atoms with Gasteiger partial charge in [-0.2, -0.15) is 0 Å². The van der Waals surface area contributed by atoms with Gasteiger partial charge in [-0.25, -0.2) is 0 Å². The van der Waals surface area contributed by atoms with Gasteiger partial charge in [0.15, 0.2) is 0 Å². The number of benzene rings is 1. The summed E-state index contributed by atoms with van der Waals surface area (Å²) in [5.74, 6) is 0. The van der Waals surface area contributed by atoms with E-state index in [1.54, 1.807) is 0 Å². The van der Waals surface area contributed by atoms with Crippen molar-refractivity contribution in [1.82, 2.24) is 9.80 Å². The van der Waals surface area contributed by atoms with Crippen LogP contribution in [0, 0.1) is 0 Å². The lowest BCUT2D eigenvalue weighted by molar-refractivity contribution is 0.0568. The van der Waals surface area contributed by atoms with Crippen molar-refractivity contribution >= 4 is 0 Å². The highest BCUT2D eigenvalue weighted by Gasteiger charge is 2.22. The Balaban J connectivity index is 1.91. The van der Waals surface area contributed by atoms with Crippen LogP contribution in [0.4, 0.5) is 0 Å². The van der Waals surface area contributed by atoms with Gasteiger partial charge < -0.3 is 15.7 Å². The largest absolute Gasteiger partial charge is 0.387 e. The quantitative estimate of drug-likeness (QED) is 0.844. The summed E-state index contributed by atoms with van der Waals surface area (Å²) >= 11 is 0. The van der Waals surface area contributed by atoms with Crippen molar-refractivity contribution in [2.24, 2.45) is 5.73 Å². The lowest BCUT2D eigenvalue weighted by Gasteiger charge is -2.38. The van der Waals surface area contributed by atoms with Gasteiger partial charge in [-0.3, -0.25) is 4.90 Å². The van der Waals surface area contributed by atoms with Crippen molar-refractivity contribution in [1.29, 1.82) is 0 Å². The predicted molar refractivity (Wildman–Crippen MR) is 77.8 cm³/mol. The fourth-order valence-electron chi connectivity index (χ4n) is 2.52. The molecule has 0 aliphatic carbocycles. The molecule has 2 atom stereocenters. The summed E-state index contributed by atoms with van der Waals surface area (Å²) in [6.07, 6.45) is -0.414. The van der Waals surface area contributed by atoms with Crippen molar-refractivity contribution in [2.75, 3.05) is 33.2 Å². The van der Waals surface area contributed by atoms with Crippen LogP contribution in [-0.4, -0.2) is 54.2 Å². The number of likely N-dealkylation sites (N-methyl/N-ethyl adjacent to an activating group) is 1. The second kappa shape index (κ2) is 6.48. The number of rotatable bonds is 4. The van der Waals surface area contributed by atoms with Crippen molar-refractivity contribution in [3.63, 3.8) is 0 Å². The van der Waals surface area contributed by atoms with Gasteiger partial charge in [-0.1, -0.05) is 24.3 Å². The van der Waals surface area contributed by atoms with Gasteiger partial charge in [0.2, 0.25) is 0 Å². The minimum absolute atomic E-state index is 0.414. The molecule has 0 amide bonds. The van der Waals surface area contributed by atoms with Gasteiger partial charge in [0.05, 0.1) is 6.10 Å². The molecule has 1 aliphatic heterocycles. The first-order valence-corrected chi connectivity index (χ1v) is 6.99. The second-order valence-corrected chi connectivity index (χ2v) is 5.55. The number of aliphatic hydroxyl groups is 1. The van der Waals surface area contributed by atoms with Gasteiger partial charge in [-0.05, 0) is 25.1 Å². The minimum atomic E-state index is -0.414. The summed E-state index contributed by atoms with van der Waals surface area (Å²) in [4.78, 5) is 4.70. The van der Waals surface area contributed by atoms with Crippen molar-refractivity contribution in [3.8, 4) is 0 Å². The standard InChI is InChI=1S/C15H25N3O/c1-12-10-18(8-7-17(12)2)11-15(19)14-5-3-13(9-16)4-6-14/h3-6,12,15,19H,7-11,16H2,1-2H3. The Morgan fingerprint density at radius 1 is 1.32 bits per heavy atom. The lowest BCUT2D eigenvalue weighted by Crippen LogP contribution is -2.50. The Kier molecular flexibility index (Phi) is 4.93. The maximum absolute atomic E-state index is 10.3. The summed E-state index contributed by atoms with van der Waals surface area (Å²) in [7, 11) is 2.16. The van der Waals surface area contributed by atoms with E-state index in [9.17, 15) is 5.11 Å². The SMILES string of the molecule is CC1CN(CC(O)c2ccc(CN)cc2)CCN1C. The molecule has 106 valence electrons. The van der Waals surface area contributed by atoms with Crippen LogP contribution in [0.3, 0.4) is 0 Å². The van der Waals surface area contributed by atoms with Gasteiger partial charge in [-0.15, -0.1) is 0 Å². The van der Waals surface area contributed by atoms with E-state index in [2.05, 4.69) is 23.8 Å². The topological polar surface area (TPSA) is 52.7 Å². The third-order valence-corrected chi connectivity index (χ3v) is 4.08. The molecule has 0 saturated carbocycles. The fourth-order valence-corrected chi connectivity index (χ4v) is 2.52. The molecule has 1 heterocycles. The molecule has 1 fully saturated rings. The summed E-state index contributed by atoms with van der Waals surface area (Å²) in [6.45, 7) is 6.61. The van der Waals surface area contributed by atoms with Crippen LogP contribution in [0.15, 0.2) is 24.3 Å². The number of β-amino-alcohol motifs (C(OH)–C–C–N with tert-alkyl or cyclic N) is 1. The Labute approximate surface area is 115 Å². The molecule has 0 spiro atoms. The summed E-state index contributed by atoms with van der Waals surface area (Å²) in [6, 6.07) is 8.50. The minimum Gasteiger partial charge on any atom is -0.387 e. The van der Waals surface area contributed by atoms with E-state index >= 15 is 0 Å². The molecule has 2 rings (SSSR count). The van der Waals surface area contributed by atoms with E-state index < -0.39 is 6.10 Å². The summed E-state index contributed by atoms with van der Waals surface area (Å²) < 4.78 is 0. The zero-order chi connectivity index (χ0) is 13.8. The number of hydrogen-bond acceptors (Lipinski definition) is 4. The number of piperazine rings is 1. The maximum Gasteiger partial charge on any atom is 0.0916 e. The predicted octanol–water partition coefficient (Wildman–Crippen LogP) is 0.815. The Morgan fingerprint density at radius 2 is 2.00 bits per heavy atom. The van der Waals surface area contributed by atoms with Gasteiger partial charge >= 0.3 is 0 Å². The molecule has 4 heteroatoms. The Morgan fingerprint density at radius 3 is 2.58 bits per heavy atom. The normalized spacial score (nSPS) is 23.5. The van der Waals surface area contributed by atoms with Crippen LogP contribution < -0.4 is 5.73 Å². The third-order valence-electron chi connectivity index (χ3n) is 4.08. The summed E-state index contributed by atoms with van der Waals surface area (Å²) in [5.41, 5.74) is 7.66. The molecule has 3 N–H and O–H groups in total. The van der Waals surface area contributed by atoms with E-state index in [1.807, 2.05) is 24.3 Å². The second-order valence-electron chi connectivity index (χ2n) is 5.55. The van der Waals surface area contributed by atoms with Crippen molar-refractivity contribution in [3.05, 3.63) is 35.4 Å². The summed E-state index contributed by atoms with van der Waals surface area (Å²) in [5, 5.41) is 10.3. The van der Waals surface area contributed by atoms with Gasteiger partial charge in [0.25, 0.3) is 0 Å². The van der Waals surface area contributed by atoms with Gasteiger partial charge in [0, 0.05) is 38.8 Å². The van der Waals surface area contributed by atoms with Crippen LogP contribution in [-0.2, 0) is 6.54 Å². The van der Waals surface area contributed by atoms with Crippen molar-refractivity contribution in [2.45, 2.75) is 25.6 Å². The van der Waals surface area contributed by atoms with E-state index in [0.29, 0.717) is 19.1 Å². The maximum atomic E-state index is 10.3. The third kappa shape index (κ3) is 3.76. The van der Waals surface area contributed by atoms with E-state index in [-0.39, 0.29) is 0 Å². The first-order valence-electron chi connectivity index (χ1n) is 6.99. The molecule has 1 saturated heterocycles. The van der Waals surface area contributed by atoms with Crippen LogP contribution in [0.5, 0.6) is 0 Å². The molecule has 0 radical (unpaired) electrons. The number of hydrogen-bond donors (Lipinski definition) is 2. The van der Waals surface area contributed by atoms with Crippen LogP contribution in [0.25, 0.3) is 0 Å². The lowest BCUT2D eigenvalue weighted by atomic mass is 10.1. The molecular formula is C15H25N3O. The van der Waals surface area contributed by atoms with E-state index in [1.165, 1.54) is 0 Å². The average Bonchev–Trinajstić information content (AvgIpc) is 2.43. The van der Waals surface area contributed by atoms with Crippen molar-refractivity contribution < 1.29 is 5.11 Å². The highest BCUT2D eigenvalue weighted by atomic mass is 16.3. The first kappa shape index (κ1) is 14.5. The molecular weight excluding hydrogens is 238 g/mol. The zero-order valence-corrected chi connectivity index (χ0v) is 11.9. The molecule has 19 heavy (non-hydrogen) atoms. The monoisotopic (exact) mass is 263 g/mol. The van der Waals surface area contributed by atoms with Crippen LogP contribution in [0.1, 0.15) is 24.2 Å². The highest BCUT2D eigenvalue weighted by molar-refractivity contribution is 5.24. The molecule has 1 aromatic rings. The molecule has 0 aromatic heterocycles. The zero-order valence-electron chi connectivity index (χ0n) is 11.9. The first-order chi connectivity index (χ1) is 9.10. The number of aliphatic hydroxyl groups excluding tert-OH is 1. The van der Waals surface area contributed by atoms with E-state index in [0.717, 1.165) is 30.8 Å². The molecule has 4 nitrogen and oxygen atoms in total. The molecule has 0 bridgehead atoms. The molecule has 1 aromatic carbocycles. The molecule has 1 aliphatic rings. The molecule has 2 unspecified atom stereocenters. The number of nitrogens with two attached hydrogens (primary N) is 1. The Hall–Kier alpha value is -0.940. The fraction of sp³-hybridized carbons (Fsp3) is 0.600. The average molecular weight is 263 g/mol.